The second-order valence-electron chi connectivity index (χ2n) is 3.92. The molecule has 0 atom stereocenters. The third-order valence-corrected chi connectivity index (χ3v) is 2.85. The van der Waals surface area contributed by atoms with Crippen molar-refractivity contribution >= 4 is 17.2 Å². The number of hydrogen-bond acceptors (Lipinski definition) is 4. The zero-order valence-corrected chi connectivity index (χ0v) is 10.3. The maximum Gasteiger partial charge on any atom is 0.350 e. The Kier molecular flexibility index (Phi) is 2.45. The highest BCUT2D eigenvalue weighted by Gasteiger charge is 2.11. The number of rotatable bonds is 2. The molecule has 0 bridgehead atoms. The van der Waals surface area contributed by atoms with Crippen LogP contribution < -0.4 is 5.69 Å². The molecule has 0 aliphatic carbocycles. The van der Waals surface area contributed by atoms with Crippen molar-refractivity contribution in [1.82, 2.24) is 19.3 Å². The van der Waals surface area contributed by atoms with Crippen molar-refractivity contribution in [1.29, 1.82) is 0 Å². The smallest absolute Gasteiger partial charge is 0.350 e. The van der Waals surface area contributed by atoms with Crippen molar-refractivity contribution < 1.29 is 4.52 Å². The molecule has 18 heavy (non-hydrogen) atoms. The van der Waals surface area contributed by atoms with Gasteiger partial charge in [-0.3, -0.25) is 0 Å². The predicted molar refractivity (Wildman–Crippen MR) is 64.8 cm³/mol. The minimum atomic E-state index is -0.256. The molecule has 7 heteroatoms. The van der Waals surface area contributed by atoms with E-state index in [2.05, 4.69) is 10.3 Å². The Morgan fingerprint density at radius 3 is 3.00 bits per heavy atom. The van der Waals surface area contributed by atoms with Crippen LogP contribution in [0.1, 0.15) is 11.5 Å². The zero-order valence-electron chi connectivity index (χ0n) is 9.50. The van der Waals surface area contributed by atoms with Crippen LogP contribution in [-0.4, -0.2) is 19.3 Å². The first-order valence-electron chi connectivity index (χ1n) is 5.31. The van der Waals surface area contributed by atoms with Gasteiger partial charge in [-0.1, -0.05) is 16.8 Å². The molecular weight excluding hydrogens is 256 g/mol. The summed E-state index contributed by atoms with van der Waals surface area (Å²) < 4.78 is 7.65. The van der Waals surface area contributed by atoms with E-state index in [1.54, 1.807) is 31.3 Å². The first-order chi connectivity index (χ1) is 8.65. The molecule has 0 spiro atoms. The Labute approximate surface area is 106 Å². The molecule has 3 heterocycles. The van der Waals surface area contributed by atoms with Crippen molar-refractivity contribution in [2.75, 3.05) is 0 Å². The lowest BCUT2D eigenvalue weighted by Gasteiger charge is -1.92. The summed E-state index contributed by atoms with van der Waals surface area (Å²) in [6.45, 7) is 2.05. The zero-order chi connectivity index (χ0) is 12.7. The number of nitrogens with zero attached hydrogens (tertiary/aromatic N) is 4. The molecule has 3 aromatic rings. The number of aryl methyl sites for hydroxylation is 1. The number of halogens is 1. The second kappa shape index (κ2) is 3.99. The summed E-state index contributed by atoms with van der Waals surface area (Å²) in [6.07, 6.45) is 1.63. The van der Waals surface area contributed by atoms with Gasteiger partial charge in [-0.05, 0) is 19.1 Å². The van der Waals surface area contributed by atoms with Crippen molar-refractivity contribution in [2.24, 2.45) is 0 Å². The first-order valence-corrected chi connectivity index (χ1v) is 5.69. The van der Waals surface area contributed by atoms with E-state index in [1.807, 2.05) is 0 Å². The maximum absolute atomic E-state index is 12.0. The lowest BCUT2D eigenvalue weighted by molar-refractivity contribution is 0.387. The number of fused-ring (bicyclic) bond motifs is 1. The second-order valence-corrected chi connectivity index (χ2v) is 4.33. The molecule has 0 amide bonds. The molecule has 0 saturated carbocycles. The molecule has 0 N–H and O–H groups in total. The van der Waals surface area contributed by atoms with Gasteiger partial charge in [0.15, 0.2) is 5.65 Å². The molecule has 6 nitrogen and oxygen atoms in total. The van der Waals surface area contributed by atoms with Gasteiger partial charge in [0.05, 0.1) is 11.6 Å². The van der Waals surface area contributed by atoms with Crippen LogP contribution in [0.25, 0.3) is 5.65 Å². The molecule has 0 unspecified atom stereocenters. The third-order valence-electron chi connectivity index (χ3n) is 2.55. The Balaban J connectivity index is 2.10. The molecule has 3 rings (SSSR count). The fourth-order valence-corrected chi connectivity index (χ4v) is 1.96. The summed E-state index contributed by atoms with van der Waals surface area (Å²) in [5, 5.41) is 8.43. The summed E-state index contributed by atoms with van der Waals surface area (Å²) >= 11 is 5.98. The Bertz CT molecular complexity index is 771. The fourth-order valence-electron chi connectivity index (χ4n) is 1.75. The summed E-state index contributed by atoms with van der Waals surface area (Å²) in [5.41, 5.74) is 0.826. The van der Waals surface area contributed by atoms with E-state index >= 15 is 0 Å². The van der Waals surface area contributed by atoms with E-state index < -0.39 is 0 Å². The van der Waals surface area contributed by atoms with Gasteiger partial charge in [-0.15, -0.1) is 5.10 Å². The lowest BCUT2D eigenvalue weighted by atomic mass is 10.4. The van der Waals surface area contributed by atoms with Crippen molar-refractivity contribution in [3.8, 4) is 0 Å². The summed E-state index contributed by atoms with van der Waals surface area (Å²) in [5.74, 6) is 0.694. The van der Waals surface area contributed by atoms with Crippen LogP contribution in [0.2, 0.25) is 5.02 Å². The van der Waals surface area contributed by atoms with E-state index in [1.165, 1.54) is 9.08 Å². The molecule has 0 saturated heterocycles. The summed E-state index contributed by atoms with van der Waals surface area (Å²) in [6, 6.07) is 5.15. The Morgan fingerprint density at radius 2 is 2.33 bits per heavy atom. The van der Waals surface area contributed by atoms with Crippen LogP contribution in [0, 0.1) is 6.92 Å². The molecule has 0 fully saturated rings. The Hall–Kier alpha value is -2.08. The van der Waals surface area contributed by atoms with Gasteiger partial charge >= 0.3 is 5.69 Å². The molecular formula is C11H9ClN4O2. The normalized spacial score (nSPS) is 11.2. The van der Waals surface area contributed by atoms with Crippen LogP contribution in [-0.2, 0) is 6.54 Å². The average molecular weight is 265 g/mol. The van der Waals surface area contributed by atoms with Gasteiger partial charge in [-0.25, -0.2) is 13.9 Å². The predicted octanol–water partition coefficient (Wildman–Crippen LogP) is 1.49. The van der Waals surface area contributed by atoms with Gasteiger partial charge in [0.1, 0.15) is 11.5 Å². The van der Waals surface area contributed by atoms with Gasteiger partial charge < -0.3 is 4.52 Å². The van der Waals surface area contributed by atoms with Crippen molar-refractivity contribution in [3.05, 3.63) is 51.4 Å². The molecule has 0 radical (unpaired) electrons. The van der Waals surface area contributed by atoms with Crippen LogP contribution in [0.15, 0.2) is 33.7 Å². The monoisotopic (exact) mass is 264 g/mol. The number of pyridine rings is 1. The number of aromatic nitrogens is 4. The standard InChI is InChI=1S/C11H9ClN4O2/c1-7-5-8(14-18-7)6-16-11(17)15-4-2-3-9(12)10(15)13-16/h2-5H,6H2,1H3. The molecule has 92 valence electrons. The number of hydrogen-bond donors (Lipinski definition) is 0. The summed E-state index contributed by atoms with van der Waals surface area (Å²) in [7, 11) is 0. The Morgan fingerprint density at radius 1 is 1.50 bits per heavy atom. The van der Waals surface area contributed by atoms with Crippen LogP contribution >= 0.6 is 11.6 Å². The molecule has 0 aromatic carbocycles. The van der Waals surface area contributed by atoms with E-state index in [0.29, 0.717) is 22.1 Å². The SMILES string of the molecule is Cc1cc(Cn2nc3c(Cl)cccn3c2=O)no1. The highest BCUT2D eigenvalue weighted by molar-refractivity contribution is 6.33. The average Bonchev–Trinajstić information content (AvgIpc) is 2.88. The van der Waals surface area contributed by atoms with Crippen LogP contribution in [0.3, 0.4) is 0 Å². The largest absolute Gasteiger partial charge is 0.361 e. The van der Waals surface area contributed by atoms with Crippen LogP contribution in [0.4, 0.5) is 0 Å². The van der Waals surface area contributed by atoms with Gasteiger partial charge in [0.25, 0.3) is 0 Å². The van der Waals surface area contributed by atoms with Crippen molar-refractivity contribution in [2.45, 2.75) is 13.5 Å². The third kappa shape index (κ3) is 1.70. The quantitative estimate of drug-likeness (QED) is 0.703. The lowest BCUT2D eigenvalue weighted by Crippen LogP contribution is -2.21. The van der Waals surface area contributed by atoms with Gasteiger partial charge in [0.2, 0.25) is 0 Å². The van der Waals surface area contributed by atoms with Gasteiger partial charge in [0, 0.05) is 12.3 Å². The summed E-state index contributed by atoms with van der Waals surface area (Å²) in [4.78, 5) is 12.0. The van der Waals surface area contributed by atoms with E-state index in [0.717, 1.165) is 0 Å². The van der Waals surface area contributed by atoms with E-state index in [-0.39, 0.29) is 12.2 Å². The highest BCUT2D eigenvalue weighted by atomic mass is 35.5. The molecule has 0 aliphatic heterocycles. The topological polar surface area (TPSA) is 65.3 Å². The van der Waals surface area contributed by atoms with Crippen LogP contribution in [0.5, 0.6) is 0 Å². The first kappa shape index (κ1) is 11.0. The fraction of sp³-hybridized carbons (Fsp3) is 0.182. The van der Waals surface area contributed by atoms with Crippen molar-refractivity contribution in [3.63, 3.8) is 0 Å². The highest BCUT2D eigenvalue weighted by Crippen LogP contribution is 2.12. The maximum atomic E-state index is 12.0. The minimum Gasteiger partial charge on any atom is -0.361 e. The minimum absolute atomic E-state index is 0.256. The molecule has 0 aliphatic rings. The van der Waals surface area contributed by atoms with E-state index in [9.17, 15) is 4.79 Å². The van der Waals surface area contributed by atoms with Gasteiger partial charge in [-0.2, -0.15) is 0 Å². The molecule has 3 aromatic heterocycles. The van der Waals surface area contributed by atoms with E-state index in [4.69, 9.17) is 16.1 Å².